The zero-order valence-corrected chi connectivity index (χ0v) is 20.1. The van der Waals surface area contributed by atoms with Crippen LogP contribution < -0.4 is 9.47 Å². The molecule has 0 fully saturated rings. The lowest BCUT2D eigenvalue weighted by molar-refractivity contribution is -0.181. The number of Topliss-reactive ketones (excluding diaryl/α,β-unsaturated/α-hetero) is 1. The number of carbonyl (C=O) groups excluding carboxylic acids is 1. The molecule has 0 spiro atoms. The number of carbonyl (C=O) groups is 1. The van der Waals surface area contributed by atoms with Gasteiger partial charge in [0.15, 0.2) is 11.5 Å². The van der Waals surface area contributed by atoms with Gasteiger partial charge in [-0.25, -0.2) is 0 Å². The van der Waals surface area contributed by atoms with Gasteiger partial charge in [-0.05, 0) is 37.6 Å². The van der Waals surface area contributed by atoms with Gasteiger partial charge >= 0.3 is 6.18 Å². The molecule has 7 nitrogen and oxygen atoms in total. The largest absolute Gasteiger partial charge is 0.493 e. The van der Waals surface area contributed by atoms with Crippen molar-refractivity contribution in [2.45, 2.75) is 38.3 Å². The highest BCUT2D eigenvalue weighted by molar-refractivity contribution is 5.86. The SMILES string of the molecule is COc1cc2cc(-c3ccc(CC(=O)Cc4cc(C(C)(C)C(F)(F)F)no4)cn3)cnc2cc1OC. The summed E-state index contributed by atoms with van der Waals surface area (Å²) in [7, 11) is 3.12. The summed E-state index contributed by atoms with van der Waals surface area (Å²) < 4.78 is 55.3. The van der Waals surface area contributed by atoms with Gasteiger partial charge in [0.2, 0.25) is 0 Å². The molecule has 3 heterocycles. The molecule has 10 heteroatoms. The van der Waals surface area contributed by atoms with Crippen LogP contribution in [0.3, 0.4) is 0 Å². The number of hydrogen-bond donors (Lipinski definition) is 0. The maximum absolute atomic E-state index is 13.2. The van der Waals surface area contributed by atoms with E-state index in [4.69, 9.17) is 14.0 Å². The molecular weight excluding hydrogens is 475 g/mol. The van der Waals surface area contributed by atoms with Crippen LogP contribution in [0.25, 0.3) is 22.2 Å². The Bertz CT molecular complexity index is 1400. The molecule has 3 aromatic heterocycles. The summed E-state index contributed by atoms with van der Waals surface area (Å²) in [5.41, 5.74) is 0.432. The molecule has 0 unspecified atom stereocenters. The Morgan fingerprint density at radius 1 is 0.944 bits per heavy atom. The first-order valence-corrected chi connectivity index (χ1v) is 11.0. The van der Waals surface area contributed by atoms with Gasteiger partial charge in [0.1, 0.15) is 17.0 Å². The van der Waals surface area contributed by atoms with Crippen molar-refractivity contribution in [1.82, 2.24) is 15.1 Å². The predicted octanol–water partition coefficient (Wildman–Crippen LogP) is 5.50. The van der Waals surface area contributed by atoms with E-state index in [9.17, 15) is 18.0 Å². The number of methoxy groups -OCH3 is 2. The number of rotatable bonds is 8. The monoisotopic (exact) mass is 499 g/mol. The first-order chi connectivity index (χ1) is 17.0. The summed E-state index contributed by atoms with van der Waals surface area (Å²) >= 11 is 0. The highest BCUT2D eigenvalue weighted by Crippen LogP contribution is 2.40. The summed E-state index contributed by atoms with van der Waals surface area (Å²) in [5.74, 6) is 1.03. The zero-order chi connectivity index (χ0) is 26.1. The predicted molar refractivity (Wildman–Crippen MR) is 126 cm³/mol. The fourth-order valence-electron chi connectivity index (χ4n) is 3.62. The van der Waals surface area contributed by atoms with Crippen LogP contribution in [-0.2, 0) is 23.1 Å². The van der Waals surface area contributed by atoms with E-state index in [2.05, 4.69) is 15.1 Å². The van der Waals surface area contributed by atoms with Gasteiger partial charge in [-0.15, -0.1) is 0 Å². The summed E-state index contributed by atoms with van der Waals surface area (Å²) in [6.07, 6.45) is -1.31. The van der Waals surface area contributed by atoms with E-state index in [1.165, 1.54) is 6.07 Å². The third-order valence-electron chi connectivity index (χ3n) is 5.99. The highest BCUT2D eigenvalue weighted by Gasteiger charge is 2.50. The molecule has 0 aliphatic rings. The maximum atomic E-state index is 13.2. The smallest absolute Gasteiger partial charge is 0.399 e. The van der Waals surface area contributed by atoms with E-state index in [0.717, 1.165) is 30.3 Å². The van der Waals surface area contributed by atoms with Crippen molar-refractivity contribution in [3.8, 4) is 22.8 Å². The van der Waals surface area contributed by atoms with E-state index in [1.807, 2.05) is 12.1 Å². The third-order valence-corrected chi connectivity index (χ3v) is 5.99. The Hall–Kier alpha value is -3.95. The van der Waals surface area contributed by atoms with Crippen LogP contribution in [-0.4, -0.2) is 41.3 Å². The van der Waals surface area contributed by atoms with Gasteiger partial charge in [0.05, 0.1) is 37.5 Å². The molecule has 1 aromatic carbocycles. The van der Waals surface area contributed by atoms with Crippen molar-refractivity contribution in [2.75, 3.05) is 14.2 Å². The van der Waals surface area contributed by atoms with Gasteiger partial charge in [-0.1, -0.05) is 11.2 Å². The summed E-state index contributed by atoms with van der Waals surface area (Å²) in [6, 6.07) is 10.3. The number of hydrogen-bond acceptors (Lipinski definition) is 7. The van der Waals surface area contributed by atoms with Crippen LogP contribution in [0.1, 0.15) is 30.9 Å². The van der Waals surface area contributed by atoms with Gasteiger partial charge in [0, 0.05) is 41.9 Å². The van der Waals surface area contributed by atoms with E-state index >= 15 is 0 Å². The number of ether oxygens (including phenoxy) is 2. The Morgan fingerprint density at radius 3 is 2.31 bits per heavy atom. The Balaban J connectivity index is 1.45. The molecule has 0 saturated carbocycles. The summed E-state index contributed by atoms with van der Waals surface area (Å²) in [6.45, 7) is 2.03. The van der Waals surface area contributed by atoms with E-state index in [1.54, 1.807) is 44.8 Å². The number of pyridine rings is 2. The number of nitrogens with zero attached hydrogens (tertiary/aromatic N) is 3. The molecule has 0 amide bonds. The average molecular weight is 499 g/mol. The van der Waals surface area contributed by atoms with Crippen LogP contribution in [0.2, 0.25) is 0 Å². The van der Waals surface area contributed by atoms with Crippen molar-refractivity contribution in [3.63, 3.8) is 0 Å². The second kappa shape index (κ2) is 9.60. The minimum Gasteiger partial charge on any atom is -0.493 e. The zero-order valence-electron chi connectivity index (χ0n) is 20.1. The summed E-state index contributed by atoms with van der Waals surface area (Å²) in [5, 5.41) is 4.37. The van der Waals surface area contributed by atoms with Gasteiger partial charge in [0.25, 0.3) is 0 Å². The molecule has 0 atom stereocenters. The molecule has 0 aliphatic carbocycles. The number of aromatic nitrogens is 3. The maximum Gasteiger partial charge on any atom is 0.399 e. The van der Waals surface area contributed by atoms with Crippen LogP contribution in [0.5, 0.6) is 11.5 Å². The Kier molecular flexibility index (Phi) is 6.71. The van der Waals surface area contributed by atoms with Crippen molar-refractivity contribution >= 4 is 16.7 Å². The molecule has 0 bridgehead atoms. The van der Waals surface area contributed by atoms with E-state index < -0.39 is 11.6 Å². The fourth-order valence-corrected chi connectivity index (χ4v) is 3.62. The second-order valence-electron chi connectivity index (χ2n) is 8.87. The van der Waals surface area contributed by atoms with E-state index in [0.29, 0.717) is 22.8 Å². The first kappa shape index (κ1) is 25.2. The standard InChI is InChI=1S/C26H24F3N3O4/c1-25(2,26(27,28)29)24-11-19(36-32-24)10-18(33)7-15-5-6-20(30-13-15)17-8-16-9-22(34-3)23(35-4)12-21(16)31-14-17/h5-6,8-9,11-14H,7,10H2,1-4H3. The lowest BCUT2D eigenvalue weighted by atomic mass is 9.88. The summed E-state index contributed by atoms with van der Waals surface area (Å²) in [4.78, 5) is 21.4. The van der Waals surface area contributed by atoms with Crippen molar-refractivity contribution < 1.29 is 32.0 Å². The molecular formula is C26H24F3N3O4. The number of fused-ring (bicyclic) bond motifs is 1. The fraction of sp³-hybridized carbons (Fsp3) is 0.308. The molecule has 4 aromatic rings. The minimum absolute atomic E-state index is 0.0545. The number of alkyl halides is 3. The molecule has 0 aliphatic heterocycles. The molecule has 0 N–H and O–H groups in total. The van der Waals surface area contributed by atoms with Crippen molar-refractivity contribution in [2.24, 2.45) is 0 Å². The second-order valence-corrected chi connectivity index (χ2v) is 8.87. The number of benzene rings is 1. The molecule has 4 rings (SSSR count). The van der Waals surface area contributed by atoms with Crippen LogP contribution in [0.4, 0.5) is 13.2 Å². The molecule has 0 saturated heterocycles. The normalized spacial score (nSPS) is 12.1. The molecule has 0 radical (unpaired) electrons. The van der Waals surface area contributed by atoms with Crippen LogP contribution >= 0.6 is 0 Å². The van der Waals surface area contributed by atoms with Crippen LogP contribution in [0.15, 0.2) is 53.3 Å². The lowest BCUT2D eigenvalue weighted by Crippen LogP contribution is -2.36. The number of halogens is 3. The van der Waals surface area contributed by atoms with Crippen molar-refractivity contribution in [1.29, 1.82) is 0 Å². The topological polar surface area (TPSA) is 87.3 Å². The van der Waals surface area contributed by atoms with Crippen LogP contribution in [0, 0.1) is 0 Å². The minimum atomic E-state index is -4.49. The van der Waals surface area contributed by atoms with Gasteiger partial charge < -0.3 is 14.0 Å². The van der Waals surface area contributed by atoms with E-state index in [-0.39, 0.29) is 30.1 Å². The van der Waals surface area contributed by atoms with Gasteiger partial charge in [-0.3, -0.25) is 14.8 Å². The Labute approximate surface area is 205 Å². The van der Waals surface area contributed by atoms with Gasteiger partial charge in [-0.2, -0.15) is 13.2 Å². The highest BCUT2D eigenvalue weighted by atomic mass is 19.4. The first-order valence-electron chi connectivity index (χ1n) is 11.0. The number of ketones is 1. The molecule has 188 valence electrons. The Morgan fingerprint density at radius 2 is 1.67 bits per heavy atom. The molecule has 36 heavy (non-hydrogen) atoms. The average Bonchev–Trinajstić information content (AvgIpc) is 3.31. The third kappa shape index (κ3) is 5.02. The lowest BCUT2D eigenvalue weighted by Gasteiger charge is -2.24. The van der Waals surface area contributed by atoms with Crippen molar-refractivity contribution in [3.05, 3.63) is 65.8 Å². The quantitative estimate of drug-likeness (QED) is 0.317.